The maximum atomic E-state index is 5.58. The van der Waals surface area contributed by atoms with Gasteiger partial charge in [-0.3, -0.25) is 9.88 Å². The number of nitrogens with two attached hydrogens (primary N) is 1. The maximum Gasteiger partial charge on any atom is 0.0545 e. The Kier molecular flexibility index (Phi) is 2.68. The Bertz CT molecular complexity index is 290. The molecule has 0 unspecified atom stereocenters. The van der Waals surface area contributed by atoms with E-state index in [0.717, 1.165) is 24.0 Å². The van der Waals surface area contributed by atoms with E-state index in [2.05, 4.69) is 16.9 Å². The molecule has 14 heavy (non-hydrogen) atoms. The van der Waals surface area contributed by atoms with Crippen LogP contribution in [0.25, 0.3) is 0 Å². The summed E-state index contributed by atoms with van der Waals surface area (Å²) in [4.78, 5) is 6.67. The summed E-state index contributed by atoms with van der Waals surface area (Å²) >= 11 is 0. The van der Waals surface area contributed by atoms with Crippen LogP contribution >= 0.6 is 0 Å². The molecule has 0 radical (unpaired) electrons. The van der Waals surface area contributed by atoms with E-state index in [4.69, 9.17) is 5.73 Å². The van der Waals surface area contributed by atoms with E-state index in [1.54, 1.807) is 6.20 Å². The van der Waals surface area contributed by atoms with Crippen molar-refractivity contribution in [3.63, 3.8) is 0 Å². The fourth-order valence-electron chi connectivity index (χ4n) is 1.74. The molecule has 2 N–H and O–H groups in total. The monoisotopic (exact) mass is 191 g/mol. The van der Waals surface area contributed by atoms with Crippen molar-refractivity contribution < 1.29 is 0 Å². The Hall–Kier alpha value is -1.09. The zero-order valence-electron chi connectivity index (χ0n) is 8.61. The topological polar surface area (TPSA) is 42.1 Å². The second kappa shape index (κ2) is 3.96. The number of pyridine rings is 1. The molecular formula is C11H17N3. The molecule has 3 nitrogen and oxygen atoms in total. The van der Waals surface area contributed by atoms with Gasteiger partial charge in [-0.1, -0.05) is 6.42 Å². The van der Waals surface area contributed by atoms with Gasteiger partial charge in [0.15, 0.2) is 0 Å². The molecule has 76 valence electrons. The molecule has 1 aliphatic rings. The largest absolute Gasteiger partial charge is 0.397 e. The lowest BCUT2D eigenvalue weighted by atomic mass is 9.92. The predicted octanol–water partition coefficient (Wildman–Crippen LogP) is 1.65. The smallest absolute Gasteiger partial charge is 0.0545 e. The Balaban J connectivity index is 1.92. The molecule has 1 aromatic rings. The van der Waals surface area contributed by atoms with Crippen LogP contribution in [0.2, 0.25) is 0 Å². The molecule has 0 atom stereocenters. The highest BCUT2D eigenvalue weighted by Gasteiger charge is 2.21. The van der Waals surface area contributed by atoms with E-state index >= 15 is 0 Å². The van der Waals surface area contributed by atoms with Crippen molar-refractivity contribution in [2.45, 2.75) is 31.8 Å². The lowest BCUT2D eigenvalue weighted by molar-refractivity contribution is 0.151. The van der Waals surface area contributed by atoms with Gasteiger partial charge in [0.2, 0.25) is 0 Å². The van der Waals surface area contributed by atoms with E-state index in [-0.39, 0.29) is 0 Å². The molecule has 0 aliphatic heterocycles. The third kappa shape index (κ3) is 2.04. The van der Waals surface area contributed by atoms with Gasteiger partial charge in [0.1, 0.15) is 0 Å². The van der Waals surface area contributed by atoms with E-state index in [1.807, 2.05) is 12.1 Å². The first-order valence-electron chi connectivity index (χ1n) is 5.16. The van der Waals surface area contributed by atoms with Gasteiger partial charge in [0.25, 0.3) is 0 Å². The molecule has 0 aromatic carbocycles. The van der Waals surface area contributed by atoms with Gasteiger partial charge in [-0.05, 0) is 32.0 Å². The minimum Gasteiger partial charge on any atom is -0.397 e. The lowest BCUT2D eigenvalue weighted by Crippen LogP contribution is -2.36. The van der Waals surface area contributed by atoms with E-state index in [1.165, 1.54) is 19.3 Å². The zero-order chi connectivity index (χ0) is 9.97. The quantitative estimate of drug-likeness (QED) is 0.790. The fraction of sp³-hybridized carbons (Fsp3) is 0.545. The fourth-order valence-corrected chi connectivity index (χ4v) is 1.74. The standard InChI is InChI=1S/C11H17N3/c1-14(11-3-2-4-11)8-10-6-5-9(12)7-13-10/h5-7,11H,2-4,8,12H2,1H3. The molecule has 0 spiro atoms. The molecule has 2 rings (SSSR count). The van der Waals surface area contributed by atoms with Crippen LogP contribution in [0.5, 0.6) is 0 Å². The van der Waals surface area contributed by atoms with Crippen LogP contribution in [0.4, 0.5) is 5.69 Å². The highest BCUT2D eigenvalue weighted by molar-refractivity contribution is 5.34. The number of nitrogens with zero attached hydrogens (tertiary/aromatic N) is 2. The summed E-state index contributed by atoms with van der Waals surface area (Å²) in [6.07, 6.45) is 5.78. The highest BCUT2D eigenvalue weighted by atomic mass is 15.1. The average molecular weight is 191 g/mol. The minimum atomic E-state index is 0.736. The lowest BCUT2D eigenvalue weighted by Gasteiger charge is -2.34. The average Bonchev–Trinajstić information content (AvgIpc) is 2.06. The molecule has 0 saturated heterocycles. The predicted molar refractivity (Wildman–Crippen MR) is 57.8 cm³/mol. The van der Waals surface area contributed by atoms with Gasteiger partial charge in [0.05, 0.1) is 17.6 Å². The van der Waals surface area contributed by atoms with Gasteiger partial charge in [-0.2, -0.15) is 0 Å². The van der Waals surface area contributed by atoms with Crippen LogP contribution in [0.1, 0.15) is 25.0 Å². The van der Waals surface area contributed by atoms with Crippen LogP contribution < -0.4 is 5.73 Å². The summed E-state index contributed by atoms with van der Waals surface area (Å²) in [7, 11) is 2.17. The first-order chi connectivity index (χ1) is 6.75. The van der Waals surface area contributed by atoms with E-state index in [9.17, 15) is 0 Å². The van der Waals surface area contributed by atoms with Gasteiger partial charge in [-0.15, -0.1) is 0 Å². The molecule has 1 aliphatic carbocycles. The van der Waals surface area contributed by atoms with Crippen molar-refractivity contribution >= 4 is 5.69 Å². The number of hydrogen-bond acceptors (Lipinski definition) is 3. The van der Waals surface area contributed by atoms with Crippen molar-refractivity contribution in [1.82, 2.24) is 9.88 Å². The van der Waals surface area contributed by atoms with E-state index in [0.29, 0.717) is 0 Å². The Morgan fingerprint density at radius 1 is 1.50 bits per heavy atom. The van der Waals surface area contributed by atoms with E-state index < -0.39 is 0 Å². The van der Waals surface area contributed by atoms with Crippen molar-refractivity contribution in [3.05, 3.63) is 24.0 Å². The number of anilines is 1. The number of rotatable bonds is 3. The van der Waals surface area contributed by atoms with Gasteiger partial charge >= 0.3 is 0 Å². The number of aromatic nitrogens is 1. The third-order valence-corrected chi connectivity index (χ3v) is 2.96. The first-order valence-corrected chi connectivity index (χ1v) is 5.16. The zero-order valence-corrected chi connectivity index (χ0v) is 8.61. The summed E-state index contributed by atoms with van der Waals surface area (Å²) < 4.78 is 0. The molecule has 3 heteroatoms. The summed E-state index contributed by atoms with van der Waals surface area (Å²) in [5.41, 5.74) is 7.42. The van der Waals surface area contributed by atoms with Crippen molar-refractivity contribution in [2.75, 3.05) is 12.8 Å². The van der Waals surface area contributed by atoms with Crippen molar-refractivity contribution in [3.8, 4) is 0 Å². The molecule has 1 heterocycles. The molecular weight excluding hydrogens is 174 g/mol. The molecule has 0 amide bonds. The Morgan fingerprint density at radius 2 is 2.29 bits per heavy atom. The molecule has 0 bridgehead atoms. The Labute approximate surface area is 84.9 Å². The van der Waals surface area contributed by atoms with Crippen LogP contribution in [0.3, 0.4) is 0 Å². The summed E-state index contributed by atoms with van der Waals surface area (Å²) in [6, 6.07) is 4.69. The van der Waals surface area contributed by atoms with Gasteiger partial charge < -0.3 is 5.73 Å². The first kappa shape index (κ1) is 9.46. The summed E-state index contributed by atoms with van der Waals surface area (Å²) in [6.45, 7) is 0.935. The van der Waals surface area contributed by atoms with Crippen molar-refractivity contribution in [1.29, 1.82) is 0 Å². The maximum absolute atomic E-state index is 5.58. The second-order valence-electron chi connectivity index (χ2n) is 4.08. The van der Waals surface area contributed by atoms with Crippen LogP contribution in [-0.4, -0.2) is 23.0 Å². The summed E-state index contributed by atoms with van der Waals surface area (Å²) in [5, 5.41) is 0. The second-order valence-corrected chi connectivity index (χ2v) is 4.08. The normalized spacial score (nSPS) is 17.0. The van der Waals surface area contributed by atoms with Crippen LogP contribution in [-0.2, 0) is 6.54 Å². The molecule has 1 fully saturated rings. The SMILES string of the molecule is CN(Cc1ccc(N)cn1)C1CCC1. The molecule has 1 aromatic heterocycles. The van der Waals surface area contributed by atoms with Gasteiger partial charge in [-0.25, -0.2) is 0 Å². The van der Waals surface area contributed by atoms with Crippen LogP contribution in [0.15, 0.2) is 18.3 Å². The summed E-state index contributed by atoms with van der Waals surface area (Å²) in [5.74, 6) is 0. The Morgan fingerprint density at radius 3 is 2.79 bits per heavy atom. The minimum absolute atomic E-state index is 0.736. The number of nitrogen functional groups attached to an aromatic ring is 1. The van der Waals surface area contributed by atoms with Gasteiger partial charge in [0, 0.05) is 12.6 Å². The number of hydrogen-bond donors (Lipinski definition) is 1. The van der Waals surface area contributed by atoms with Crippen molar-refractivity contribution in [2.24, 2.45) is 0 Å². The third-order valence-electron chi connectivity index (χ3n) is 2.96. The van der Waals surface area contributed by atoms with Crippen LogP contribution in [0, 0.1) is 0 Å². The molecule has 1 saturated carbocycles. The highest BCUT2D eigenvalue weighted by Crippen LogP contribution is 2.24.